The predicted octanol–water partition coefficient (Wildman–Crippen LogP) is 4.28. The lowest BCUT2D eigenvalue weighted by atomic mass is 9.95. The van der Waals surface area contributed by atoms with Gasteiger partial charge in [-0.3, -0.25) is 14.4 Å². The number of hydrogen-bond donors (Lipinski definition) is 3. The Morgan fingerprint density at radius 2 is 1.77 bits per heavy atom. The third-order valence-electron chi connectivity index (χ3n) is 7.16. The van der Waals surface area contributed by atoms with Gasteiger partial charge in [-0.1, -0.05) is 19.9 Å². The molecule has 4 rings (SSSR count). The predicted molar refractivity (Wildman–Crippen MR) is 167 cm³/mol. The minimum Gasteiger partial charge on any atom is -0.493 e. The summed E-state index contributed by atoms with van der Waals surface area (Å²) in [4.78, 5) is 55.5. The molecule has 44 heavy (non-hydrogen) atoms. The number of hydrogen-bond acceptors (Lipinski definition) is 11. The highest BCUT2D eigenvalue weighted by Gasteiger charge is 2.29. The lowest BCUT2D eigenvalue weighted by Gasteiger charge is -2.19. The minimum atomic E-state index is -0.581. The van der Waals surface area contributed by atoms with Crippen molar-refractivity contribution in [3.05, 3.63) is 56.2 Å². The topological polar surface area (TPSA) is 154 Å². The molecule has 0 fully saturated rings. The van der Waals surface area contributed by atoms with Crippen LogP contribution < -0.4 is 35.6 Å². The number of rotatable bonds is 10. The smallest absolute Gasteiger partial charge is 0.357 e. The van der Waals surface area contributed by atoms with E-state index in [9.17, 15) is 19.2 Å². The van der Waals surface area contributed by atoms with E-state index in [-0.39, 0.29) is 40.3 Å². The fourth-order valence-electron chi connectivity index (χ4n) is 5.21. The van der Waals surface area contributed by atoms with Crippen LogP contribution in [0.1, 0.15) is 65.6 Å². The van der Waals surface area contributed by atoms with Gasteiger partial charge in [0.05, 0.1) is 46.7 Å². The fraction of sp³-hybridized carbons (Fsp3) is 0.387. The second kappa shape index (κ2) is 13.8. The monoisotopic (exact) mass is 624 g/mol. The van der Waals surface area contributed by atoms with Crippen molar-refractivity contribution >= 4 is 39.9 Å². The maximum atomic E-state index is 13.5. The van der Waals surface area contributed by atoms with E-state index < -0.39 is 17.9 Å². The summed E-state index contributed by atoms with van der Waals surface area (Å²) in [5.74, 6) is 0.0655. The van der Waals surface area contributed by atoms with Gasteiger partial charge in [0.15, 0.2) is 22.3 Å². The van der Waals surface area contributed by atoms with E-state index in [1.165, 1.54) is 45.7 Å². The molecule has 0 saturated carbocycles. The van der Waals surface area contributed by atoms with Crippen molar-refractivity contribution in [3.8, 4) is 28.4 Å². The van der Waals surface area contributed by atoms with Crippen LogP contribution in [0, 0.1) is 0 Å². The van der Waals surface area contributed by atoms with Crippen molar-refractivity contribution in [3.63, 3.8) is 0 Å². The molecule has 2 aromatic carbocycles. The summed E-state index contributed by atoms with van der Waals surface area (Å²) in [5.41, 5.74) is 2.85. The molecule has 13 heteroatoms. The number of aryl methyl sites for hydroxylation is 1. The Kier molecular flexibility index (Phi) is 10.1. The molecule has 0 saturated heterocycles. The number of fused-ring (bicyclic) bond motifs is 3. The first-order valence-corrected chi connectivity index (χ1v) is 14.7. The van der Waals surface area contributed by atoms with Crippen molar-refractivity contribution in [2.45, 2.75) is 45.6 Å². The zero-order valence-corrected chi connectivity index (χ0v) is 26.5. The molecular formula is C31H36N4O8S. The number of carbonyl (C=O) groups is 3. The first-order valence-electron chi connectivity index (χ1n) is 13.9. The molecule has 1 unspecified atom stereocenters. The zero-order chi connectivity index (χ0) is 32.1. The molecule has 1 aromatic heterocycles. The molecule has 12 nitrogen and oxygen atoms in total. The molecule has 1 heterocycles. The SMILES string of the molecule is COC(=O)c1nc(NC(=O)CNc2ccc3c(cc2=O)C(NC(C)=O)CCc2cc(OC)c(OC)c(OC)c2-3)sc1C(C)C. The van der Waals surface area contributed by atoms with Crippen LogP contribution in [0.25, 0.3) is 11.1 Å². The largest absolute Gasteiger partial charge is 0.493 e. The van der Waals surface area contributed by atoms with Crippen LogP contribution >= 0.6 is 11.3 Å². The van der Waals surface area contributed by atoms with Crippen LogP contribution in [-0.4, -0.2) is 57.8 Å². The number of thiazole rings is 1. The molecular weight excluding hydrogens is 588 g/mol. The van der Waals surface area contributed by atoms with Gasteiger partial charge in [0.25, 0.3) is 0 Å². The molecule has 1 aliphatic rings. The lowest BCUT2D eigenvalue weighted by molar-refractivity contribution is -0.119. The van der Waals surface area contributed by atoms with Crippen LogP contribution in [-0.2, 0) is 20.7 Å². The van der Waals surface area contributed by atoms with E-state index in [0.29, 0.717) is 46.1 Å². The maximum Gasteiger partial charge on any atom is 0.357 e. The second-order valence-corrected chi connectivity index (χ2v) is 11.4. The summed E-state index contributed by atoms with van der Waals surface area (Å²) >= 11 is 1.19. The van der Waals surface area contributed by atoms with Gasteiger partial charge in [0.2, 0.25) is 23.0 Å². The van der Waals surface area contributed by atoms with Gasteiger partial charge >= 0.3 is 5.97 Å². The Morgan fingerprint density at radius 1 is 1.05 bits per heavy atom. The molecule has 2 amide bonds. The Balaban J connectivity index is 1.71. The van der Waals surface area contributed by atoms with E-state index in [0.717, 1.165) is 11.1 Å². The van der Waals surface area contributed by atoms with Crippen LogP contribution in [0.4, 0.5) is 10.8 Å². The summed E-state index contributed by atoms with van der Waals surface area (Å²) in [7, 11) is 5.86. The van der Waals surface area contributed by atoms with E-state index in [1.54, 1.807) is 19.2 Å². The quantitative estimate of drug-likeness (QED) is 0.279. The number of esters is 1. The van der Waals surface area contributed by atoms with Crippen LogP contribution in [0.3, 0.4) is 0 Å². The molecule has 3 N–H and O–H groups in total. The Morgan fingerprint density at radius 3 is 2.39 bits per heavy atom. The summed E-state index contributed by atoms with van der Waals surface area (Å²) in [6, 6.07) is 6.25. The van der Waals surface area contributed by atoms with Gasteiger partial charge in [0.1, 0.15) is 0 Å². The average Bonchev–Trinajstić information content (AvgIpc) is 3.28. The van der Waals surface area contributed by atoms with Gasteiger partial charge < -0.3 is 34.9 Å². The van der Waals surface area contributed by atoms with Crippen LogP contribution in [0.15, 0.2) is 29.1 Å². The van der Waals surface area contributed by atoms with Crippen molar-refractivity contribution in [1.82, 2.24) is 10.3 Å². The van der Waals surface area contributed by atoms with Crippen molar-refractivity contribution < 1.29 is 33.3 Å². The molecule has 0 radical (unpaired) electrons. The number of carbonyl (C=O) groups excluding carboxylic acids is 3. The van der Waals surface area contributed by atoms with E-state index in [1.807, 2.05) is 19.9 Å². The third-order valence-corrected chi connectivity index (χ3v) is 8.43. The number of nitrogens with zero attached hydrogens (tertiary/aromatic N) is 1. The van der Waals surface area contributed by atoms with Crippen LogP contribution in [0.5, 0.6) is 17.2 Å². The molecule has 0 aliphatic heterocycles. The van der Waals surface area contributed by atoms with Crippen molar-refractivity contribution in [2.75, 3.05) is 45.6 Å². The number of benzene rings is 1. The zero-order valence-electron chi connectivity index (χ0n) is 25.7. The molecule has 3 aromatic rings. The van der Waals surface area contributed by atoms with Gasteiger partial charge in [-0.25, -0.2) is 9.78 Å². The average molecular weight is 625 g/mol. The standard InChI is InChI=1S/C31H36N4O8S/c1-15(2)29-26(30(39)43-7)35-31(44-29)34-24(38)14-32-21-11-9-18-19(13-22(21)37)20(33-16(3)36)10-8-17-12-23(40-4)27(41-5)28(42-6)25(17)18/h9,11-13,15,20H,8,10,14H2,1-7H3,(H,32,37)(H,33,36)(H,34,35,38). The van der Waals surface area contributed by atoms with Gasteiger partial charge in [-0.05, 0) is 53.6 Å². The molecule has 0 spiro atoms. The highest BCUT2D eigenvalue weighted by molar-refractivity contribution is 7.16. The van der Waals surface area contributed by atoms with Gasteiger partial charge in [-0.2, -0.15) is 0 Å². The number of anilines is 2. The maximum absolute atomic E-state index is 13.5. The number of aromatic nitrogens is 1. The molecule has 0 bridgehead atoms. The Bertz CT molecular complexity index is 1650. The molecule has 1 aliphatic carbocycles. The summed E-state index contributed by atoms with van der Waals surface area (Å²) in [6.45, 7) is 5.01. The highest BCUT2D eigenvalue weighted by atomic mass is 32.1. The summed E-state index contributed by atoms with van der Waals surface area (Å²) < 4.78 is 21.8. The first kappa shape index (κ1) is 32.3. The van der Waals surface area contributed by atoms with E-state index in [2.05, 4.69) is 20.9 Å². The third kappa shape index (κ3) is 6.62. The first-order chi connectivity index (χ1) is 21.0. The second-order valence-electron chi connectivity index (χ2n) is 10.4. The highest BCUT2D eigenvalue weighted by Crippen LogP contribution is 2.50. The van der Waals surface area contributed by atoms with Crippen LogP contribution in [0.2, 0.25) is 0 Å². The number of amides is 2. The summed E-state index contributed by atoms with van der Waals surface area (Å²) in [5, 5.41) is 8.82. The van der Waals surface area contributed by atoms with Crippen molar-refractivity contribution in [1.29, 1.82) is 0 Å². The summed E-state index contributed by atoms with van der Waals surface area (Å²) in [6.07, 6.45) is 1.09. The number of nitrogens with one attached hydrogen (secondary N) is 3. The van der Waals surface area contributed by atoms with Crippen molar-refractivity contribution in [2.24, 2.45) is 0 Å². The minimum absolute atomic E-state index is 0.000854. The fourth-order valence-corrected chi connectivity index (χ4v) is 6.18. The normalized spacial score (nSPS) is 13.6. The molecule has 234 valence electrons. The Hall–Kier alpha value is -4.65. The van der Waals surface area contributed by atoms with E-state index >= 15 is 0 Å². The lowest BCUT2D eigenvalue weighted by Crippen LogP contribution is -2.27. The molecule has 1 atom stereocenters. The van der Waals surface area contributed by atoms with Gasteiger partial charge in [-0.15, -0.1) is 11.3 Å². The Labute approximate surface area is 259 Å². The van der Waals surface area contributed by atoms with E-state index in [4.69, 9.17) is 18.9 Å². The number of ether oxygens (including phenoxy) is 4. The van der Waals surface area contributed by atoms with Gasteiger partial charge in [0, 0.05) is 17.4 Å². The number of methoxy groups -OCH3 is 4.